The fourth-order valence-electron chi connectivity index (χ4n) is 2.61. The maximum atomic E-state index is 11.9. The molecule has 0 aliphatic heterocycles. The van der Waals surface area contributed by atoms with E-state index in [1.54, 1.807) is 18.2 Å². The average molecular weight is 338 g/mol. The second-order valence-corrected chi connectivity index (χ2v) is 6.86. The molecular weight excluding hydrogens is 306 g/mol. The molecule has 0 spiro atoms. The van der Waals surface area contributed by atoms with Crippen LogP contribution in [0, 0.1) is 0 Å². The minimum absolute atomic E-state index is 0.0279. The van der Waals surface area contributed by atoms with Crippen LogP contribution in [0.15, 0.2) is 24.3 Å². The van der Waals surface area contributed by atoms with Gasteiger partial charge in [-0.15, -0.1) is 0 Å². The number of hydrogen-bond acceptors (Lipinski definition) is 3. The molecule has 0 bridgehead atoms. The van der Waals surface area contributed by atoms with Crippen LogP contribution in [-0.2, 0) is 0 Å². The Morgan fingerprint density at radius 1 is 1.09 bits per heavy atom. The van der Waals surface area contributed by atoms with Gasteiger partial charge in [-0.05, 0) is 31.4 Å². The molecule has 1 aromatic carbocycles. The number of para-hydroxylation sites is 1. The van der Waals surface area contributed by atoms with Gasteiger partial charge < -0.3 is 10.4 Å². The predicted octanol–water partition coefficient (Wildman–Crippen LogP) is 4.95. The first-order valence-corrected chi connectivity index (χ1v) is 9.41. The van der Waals surface area contributed by atoms with Crippen molar-refractivity contribution in [3.63, 3.8) is 0 Å². The van der Waals surface area contributed by atoms with Gasteiger partial charge >= 0.3 is 0 Å². The second-order valence-electron chi connectivity index (χ2n) is 6.13. The summed E-state index contributed by atoms with van der Waals surface area (Å²) in [6, 6.07) is 6.61. The molecule has 0 saturated heterocycles. The largest absolute Gasteiger partial charge is 0.507 e. The molecule has 1 amide bonds. The van der Waals surface area contributed by atoms with Crippen molar-refractivity contribution < 1.29 is 9.90 Å². The molecule has 1 unspecified atom stereocenters. The Kier molecular flexibility index (Phi) is 10.6. The van der Waals surface area contributed by atoms with E-state index in [-0.39, 0.29) is 11.7 Å². The van der Waals surface area contributed by atoms with Crippen molar-refractivity contribution in [3.8, 4) is 5.75 Å². The van der Waals surface area contributed by atoms with Crippen LogP contribution in [0.3, 0.4) is 0 Å². The number of aromatic hydroxyl groups is 1. The zero-order valence-corrected chi connectivity index (χ0v) is 15.2. The van der Waals surface area contributed by atoms with Gasteiger partial charge in [0, 0.05) is 11.8 Å². The number of phenolic OH excluding ortho intramolecular Hbond substituents is 1. The van der Waals surface area contributed by atoms with Gasteiger partial charge in [0.15, 0.2) is 0 Å². The van der Waals surface area contributed by atoms with Gasteiger partial charge in [0.1, 0.15) is 5.75 Å². The number of carbonyl (C=O) groups excluding carboxylic acids is 1. The molecule has 0 aromatic heterocycles. The fourth-order valence-corrected chi connectivity index (χ4v) is 2.97. The van der Waals surface area contributed by atoms with Crippen molar-refractivity contribution in [2.75, 3.05) is 6.54 Å². The SMILES string of the molecule is CCCCCCCCC(S)CCCNC(=O)c1ccccc1O. The monoisotopic (exact) mass is 337 g/mol. The highest BCUT2D eigenvalue weighted by atomic mass is 32.1. The van der Waals surface area contributed by atoms with Gasteiger partial charge in [0.05, 0.1) is 5.56 Å². The predicted molar refractivity (Wildman–Crippen MR) is 100 cm³/mol. The molecule has 0 heterocycles. The zero-order valence-electron chi connectivity index (χ0n) is 14.3. The number of thiol groups is 1. The third-order valence-electron chi connectivity index (χ3n) is 4.04. The Bertz CT molecular complexity index is 451. The standard InChI is InChI=1S/C19H31NO2S/c1-2-3-4-5-6-7-11-16(23)12-10-15-20-19(22)17-13-8-9-14-18(17)21/h8-9,13-14,16,21,23H,2-7,10-12,15H2,1H3,(H,20,22). The summed E-state index contributed by atoms with van der Waals surface area (Å²) in [4.78, 5) is 11.9. The van der Waals surface area contributed by atoms with E-state index in [1.807, 2.05) is 0 Å². The Morgan fingerprint density at radius 2 is 1.74 bits per heavy atom. The third-order valence-corrected chi connectivity index (χ3v) is 4.56. The van der Waals surface area contributed by atoms with E-state index in [0.717, 1.165) is 19.3 Å². The molecule has 130 valence electrons. The number of phenols is 1. The van der Waals surface area contributed by atoms with Crippen LogP contribution in [0.5, 0.6) is 5.75 Å². The van der Waals surface area contributed by atoms with Crippen LogP contribution in [0.2, 0.25) is 0 Å². The number of carbonyl (C=O) groups is 1. The van der Waals surface area contributed by atoms with Gasteiger partial charge in [0.2, 0.25) is 0 Å². The number of unbranched alkanes of at least 4 members (excludes halogenated alkanes) is 5. The molecule has 0 fully saturated rings. The summed E-state index contributed by atoms with van der Waals surface area (Å²) < 4.78 is 0. The highest BCUT2D eigenvalue weighted by Crippen LogP contribution is 2.16. The first-order chi connectivity index (χ1) is 11.1. The number of amides is 1. The molecule has 3 nitrogen and oxygen atoms in total. The van der Waals surface area contributed by atoms with Gasteiger partial charge in [-0.3, -0.25) is 4.79 Å². The molecule has 0 saturated carbocycles. The molecule has 2 N–H and O–H groups in total. The van der Waals surface area contributed by atoms with E-state index in [9.17, 15) is 9.90 Å². The molecule has 23 heavy (non-hydrogen) atoms. The lowest BCUT2D eigenvalue weighted by Crippen LogP contribution is -2.25. The maximum Gasteiger partial charge on any atom is 0.255 e. The summed E-state index contributed by atoms with van der Waals surface area (Å²) in [7, 11) is 0. The summed E-state index contributed by atoms with van der Waals surface area (Å²) >= 11 is 4.63. The van der Waals surface area contributed by atoms with Gasteiger partial charge in [-0.2, -0.15) is 12.6 Å². The topological polar surface area (TPSA) is 49.3 Å². The van der Waals surface area contributed by atoms with Crippen molar-refractivity contribution in [2.24, 2.45) is 0 Å². The molecule has 4 heteroatoms. The van der Waals surface area contributed by atoms with Gasteiger partial charge in [-0.25, -0.2) is 0 Å². The van der Waals surface area contributed by atoms with Crippen LogP contribution in [0.4, 0.5) is 0 Å². The van der Waals surface area contributed by atoms with E-state index >= 15 is 0 Å². The minimum Gasteiger partial charge on any atom is -0.507 e. The smallest absolute Gasteiger partial charge is 0.255 e. The minimum atomic E-state index is -0.213. The Morgan fingerprint density at radius 3 is 2.48 bits per heavy atom. The van der Waals surface area contributed by atoms with Gasteiger partial charge in [-0.1, -0.05) is 57.6 Å². The van der Waals surface area contributed by atoms with Crippen LogP contribution in [0.1, 0.15) is 75.1 Å². The molecule has 1 atom stereocenters. The number of benzene rings is 1. The summed E-state index contributed by atoms with van der Waals surface area (Å²) in [5.41, 5.74) is 0.335. The van der Waals surface area contributed by atoms with Crippen molar-refractivity contribution in [1.29, 1.82) is 0 Å². The van der Waals surface area contributed by atoms with Crippen LogP contribution < -0.4 is 5.32 Å². The molecule has 0 aliphatic rings. The van der Waals surface area contributed by atoms with Gasteiger partial charge in [0.25, 0.3) is 5.91 Å². The van der Waals surface area contributed by atoms with E-state index in [2.05, 4.69) is 24.9 Å². The molecular formula is C19H31NO2S. The lowest BCUT2D eigenvalue weighted by Gasteiger charge is -2.11. The summed E-state index contributed by atoms with van der Waals surface area (Å²) in [5.74, 6) is -0.185. The van der Waals surface area contributed by atoms with E-state index in [4.69, 9.17) is 0 Å². The Hall–Kier alpha value is -1.16. The lowest BCUT2D eigenvalue weighted by atomic mass is 10.1. The normalized spacial score (nSPS) is 12.1. The molecule has 0 radical (unpaired) electrons. The highest BCUT2D eigenvalue weighted by Gasteiger charge is 2.09. The Labute approximate surface area is 146 Å². The van der Waals surface area contributed by atoms with E-state index in [0.29, 0.717) is 17.4 Å². The lowest BCUT2D eigenvalue weighted by molar-refractivity contribution is 0.0950. The molecule has 1 aromatic rings. The van der Waals surface area contributed by atoms with Crippen LogP contribution in [0.25, 0.3) is 0 Å². The second kappa shape index (κ2) is 12.3. The highest BCUT2D eigenvalue weighted by molar-refractivity contribution is 7.80. The summed E-state index contributed by atoms with van der Waals surface area (Å²) in [6.45, 7) is 2.86. The quantitative estimate of drug-likeness (QED) is 0.373. The van der Waals surface area contributed by atoms with Crippen molar-refractivity contribution >= 4 is 18.5 Å². The molecule has 0 aliphatic carbocycles. The maximum absolute atomic E-state index is 11.9. The Balaban J connectivity index is 2.06. The van der Waals surface area contributed by atoms with Crippen LogP contribution in [-0.4, -0.2) is 22.8 Å². The summed E-state index contributed by atoms with van der Waals surface area (Å²) in [5, 5.41) is 12.9. The van der Waals surface area contributed by atoms with Crippen molar-refractivity contribution in [3.05, 3.63) is 29.8 Å². The first kappa shape index (κ1) is 19.9. The zero-order chi connectivity index (χ0) is 16.9. The number of nitrogens with one attached hydrogen (secondary N) is 1. The van der Waals surface area contributed by atoms with E-state index in [1.165, 1.54) is 44.6 Å². The fraction of sp³-hybridized carbons (Fsp3) is 0.632. The molecule has 1 rings (SSSR count). The van der Waals surface area contributed by atoms with Crippen molar-refractivity contribution in [2.45, 2.75) is 70.0 Å². The van der Waals surface area contributed by atoms with Crippen molar-refractivity contribution in [1.82, 2.24) is 5.32 Å². The summed E-state index contributed by atoms with van der Waals surface area (Å²) in [6.07, 6.45) is 11.0. The van der Waals surface area contributed by atoms with E-state index < -0.39 is 0 Å². The average Bonchev–Trinajstić information content (AvgIpc) is 2.55. The first-order valence-electron chi connectivity index (χ1n) is 8.89. The number of rotatable bonds is 12. The number of hydrogen-bond donors (Lipinski definition) is 3. The third kappa shape index (κ3) is 8.89. The van der Waals surface area contributed by atoms with Crippen LogP contribution >= 0.6 is 12.6 Å².